The van der Waals surface area contributed by atoms with E-state index in [1.54, 1.807) is 19.1 Å². The molecule has 1 aliphatic heterocycles. The summed E-state index contributed by atoms with van der Waals surface area (Å²) in [5.74, 6) is 0.611. The van der Waals surface area contributed by atoms with Gasteiger partial charge in [-0.25, -0.2) is 4.99 Å². The molecule has 0 aromatic rings. The first kappa shape index (κ1) is 21.9. The highest BCUT2D eigenvalue weighted by Gasteiger charge is 2.23. The van der Waals surface area contributed by atoms with Gasteiger partial charge in [-0.05, 0) is 13.3 Å². The molecule has 0 radical (unpaired) electrons. The summed E-state index contributed by atoms with van der Waals surface area (Å²) in [6.45, 7) is 4.33. The van der Waals surface area contributed by atoms with E-state index in [4.69, 9.17) is 4.74 Å². The van der Waals surface area contributed by atoms with Gasteiger partial charge in [-0.3, -0.25) is 9.59 Å². The molecule has 1 unspecified atom stereocenters. The molecular formula is C14H28IN5O3. The number of nitrogens with zero attached hydrogens (tertiary/aromatic N) is 2. The van der Waals surface area contributed by atoms with Gasteiger partial charge in [0.25, 0.3) is 0 Å². The second-order valence-electron chi connectivity index (χ2n) is 5.19. The number of likely N-dealkylation sites (tertiary alicyclic amines) is 1. The smallest absolute Gasteiger partial charge is 0.241 e. The molecule has 1 saturated heterocycles. The van der Waals surface area contributed by atoms with Crippen molar-refractivity contribution < 1.29 is 14.3 Å². The number of carbonyl (C=O) groups excluding carboxylic acids is 2. The fourth-order valence-electron chi connectivity index (χ4n) is 2.14. The van der Waals surface area contributed by atoms with E-state index in [1.165, 1.54) is 0 Å². The van der Waals surface area contributed by atoms with E-state index in [9.17, 15) is 9.59 Å². The van der Waals surface area contributed by atoms with Gasteiger partial charge in [-0.15, -0.1) is 24.0 Å². The molecule has 1 fully saturated rings. The van der Waals surface area contributed by atoms with Crippen LogP contribution in [0.4, 0.5) is 0 Å². The van der Waals surface area contributed by atoms with Crippen LogP contribution in [-0.4, -0.2) is 75.7 Å². The molecule has 134 valence electrons. The third kappa shape index (κ3) is 8.94. The topological polar surface area (TPSA) is 95.1 Å². The number of hydrogen-bond acceptors (Lipinski definition) is 4. The minimum Gasteiger partial charge on any atom is -0.383 e. The lowest BCUT2D eigenvalue weighted by atomic mass is 10.1. The van der Waals surface area contributed by atoms with Gasteiger partial charge >= 0.3 is 0 Å². The number of halogens is 1. The van der Waals surface area contributed by atoms with Crippen molar-refractivity contribution in [1.82, 2.24) is 20.9 Å². The standard InChI is InChI=1S/C14H27N5O3.HI/c1-4-15-14(17-9-12(20)16-7-8-22-3)18-11-5-6-13(21)19(2)10-11;/h11H,4-10H2,1-3H3,(H,16,20)(H2,15,17,18);1H. The maximum absolute atomic E-state index is 11.6. The molecule has 0 aromatic heterocycles. The molecule has 8 nitrogen and oxygen atoms in total. The molecule has 0 spiro atoms. The minimum atomic E-state index is -0.148. The van der Waals surface area contributed by atoms with Crippen molar-refractivity contribution in [1.29, 1.82) is 0 Å². The summed E-state index contributed by atoms with van der Waals surface area (Å²) >= 11 is 0. The van der Waals surface area contributed by atoms with Gasteiger partial charge in [0.1, 0.15) is 6.54 Å². The van der Waals surface area contributed by atoms with Gasteiger partial charge in [-0.1, -0.05) is 0 Å². The van der Waals surface area contributed by atoms with Gasteiger partial charge in [0.15, 0.2) is 5.96 Å². The Kier molecular flexibility index (Phi) is 11.7. The second kappa shape index (κ2) is 12.3. The van der Waals surface area contributed by atoms with Crippen molar-refractivity contribution in [3.63, 3.8) is 0 Å². The van der Waals surface area contributed by atoms with Crippen molar-refractivity contribution in [3.8, 4) is 0 Å². The monoisotopic (exact) mass is 441 g/mol. The van der Waals surface area contributed by atoms with Gasteiger partial charge in [-0.2, -0.15) is 0 Å². The Labute approximate surface area is 154 Å². The summed E-state index contributed by atoms with van der Waals surface area (Å²) in [5.41, 5.74) is 0. The number of ether oxygens (including phenoxy) is 1. The van der Waals surface area contributed by atoms with E-state index in [2.05, 4.69) is 20.9 Å². The van der Waals surface area contributed by atoms with E-state index in [1.807, 2.05) is 6.92 Å². The average Bonchev–Trinajstić information content (AvgIpc) is 2.49. The second-order valence-corrected chi connectivity index (χ2v) is 5.19. The Balaban J connectivity index is 0.00000484. The quantitative estimate of drug-likeness (QED) is 0.215. The zero-order valence-corrected chi connectivity index (χ0v) is 16.4. The van der Waals surface area contributed by atoms with Crippen molar-refractivity contribution >= 4 is 41.8 Å². The molecule has 0 bridgehead atoms. The number of nitrogens with one attached hydrogen (secondary N) is 3. The number of hydrogen-bond donors (Lipinski definition) is 3. The highest BCUT2D eigenvalue weighted by atomic mass is 127. The normalized spacial score (nSPS) is 18.2. The largest absolute Gasteiger partial charge is 0.383 e. The van der Waals surface area contributed by atoms with E-state index in [0.29, 0.717) is 38.6 Å². The Morgan fingerprint density at radius 3 is 2.78 bits per heavy atom. The van der Waals surface area contributed by atoms with E-state index in [-0.39, 0.29) is 48.4 Å². The first-order chi connectivity index (χ1) is 10.6. The first-order valence-corrected chi connectivity index (χ1v) is 7.61. The maximum Gasteiger partial charge on any atom is 0.241 e. The first-order valence-electron chi connectivity index (χ1n) is 7.61. The van der Waals surface area contributed by atoms with E-state index in [0.717, 1.165) is 6.42 Å². The van der Waals surface area contributed by atoms with Crippen LogP contribution in [-0.2, 0) is 14.3 Å². The SMILES string of the molecule is CCNC(=NCC(=O)NCCOC)NC1CCC(=O)N(C)C1.I. The molecular weight excluding hydrogens is 413 g/mol. The van der Waals surface area contributed by atoms with Crippen LogP contribution < -0.4 is 16.0 Å². The number of rotatable bonds is 7. The third-order valence-electron chi connectivity index (χ3n) is 3.32. The molecule has 1 rings (SSSR count). The fourth-order valence-corrected chi connectivity index (χ4v) is 2.14. The molecule has 3 N–H and O–H groups in total. The number of guanidine groups is 1. The lowest BCUT2D eigenvalue weighted by Crippen LogP contribution is -2.51. The molecule has 0 saturated carbocycles. The predicted molar refractivity (Wildman–Crippen MR) is 100 cm³/mol. The van der Waals surface area contributed by atoms with Crippen molar-refractivity contribution in [2.75, 3.05) is 46.9 Å². The number of methoxy groups -OCH3 is 1. The molecule has 9 heteroatoms. The third-order valence-corrected chi connectivity index (χ3v) is 3.32. The molecule has 0 aromatic carbocycles. The van der Waals surface area contributed by atoms with Gasteiger partial charge in [0.05, 0.1) is 6.61 Å². The zero-order chi connectivity index (χ0) is 16.4. The van der Waals surface area contributed by atoms with Crippen molar-refractivity contribution in [2.45, 2.75) is 25.8 Å². The molecule has 2 amide bonds. The highest BCUT2D eigenvalue weighted by molar-refractivity contribution is 14.0. The van der Waals surface area contributed by atoms with Gasteiger partial charge in [0.2, 0.25) is 11.8 Å². The van der Waals surface area contributed by atoms with Crippen LogP contribution in [0.15, 0.2) is 4.99 Å². The van der Waals surface area contributed by atoms with Crippen molar-refractivity contribution in [2.24, 2.45) is 4.99 Å². The van der Waals surface area contributed by atoms with Gasteiger partial charge in [0, 0.05) is 46.3 Å². The molecule has 0 aliphatic carbocycles. The van der Waals surface area contributed by atoms with Crippen molar-refractivity contribution in [3.05, 3.63) is 0 Å². The lowest BCUT2D eigenvalue weighted by molar-refractivity contribution is -0.132. The molecule has 1 heterocycles. The maximum atomic E-state index is 11.6. The summed E-state index contributed by atoms with van der Waals surface area (Å²) in [6.07, 6.45) is 1.30. The number of likely N-dealkylation sites (N-methyl/N-ethyl adjacent to an activating group) is 1. The molecule has 1 atom stereocenters. The Bertz CT molecular complexity index is 406. The van der Waals surface area contributed by atoms with Crippen LogP contribution in [0, 0.1) is 0 Å². The van der Waals surface area contributed by atoms with Gasteiger partial charge < -0.3 is 25.6 Å². The summed E-state index contributed by atoms with van der Waals surface area (Å²) in [6, 6.07) is 0.150. The van der Waals surface area contributed by atoms with Crippen LogP contribution in [0.5, 0.6) is 0 Å². The summed E-state index contributed by atoms with van der Waals surface area (Å²) in [7, 11) is 3.38. The predicted octanol–water partition coefficient (Wildman–Crippen LogP) is -0.457. The summed E-state index contributed by atoms with van der Waals surface area (Å²) < 4.78 is 4.87. The number of piperidine rings is 1. The number of aliphatic imine (C=N–C) groups is 1. The highest BCUT2D eigenvalue weighted by Crippen LogP contribution is 2.09. The van der Waals surface area contributed by atoms with Crippen LogP contribution in [0.2, 0.25) is 0 Å². The van der Waals surface area contributed by atoms with Crippen LogP contribution in [0.1, 0.15) is 19.8 Å². The molecule has 1 aliphatic rings. The van der Waals surface area contributed by atoms with Crippen LogP contribution in [0.25, 0.3) is 0 Å². The lowest BCUT2D eigenvalue weighted by Gasteiger charge is -2.31. The minimum absolute atomic E-state index is 0. The molecule has 23 heavy (non-hydrogen) atoms. The fraction of sp³-hybridized carbons (Fsp3) is 0.786. The van der Waals surface area contributed by atoms with E-state index >= 15 is 0 Å². The Hall–Kier alpha value is -1.10. The number of carbonyl (C=O) groups is 2. The number of amides is 2. The Morgan fingerprint density at radius 2 is 2.17 bits per heavy atom. The average molecular weight is 441 g/mol. The van der Waals surface area contributed by atoms with E-state index < -0.39 is 0 Å². The van der Waals surface area contributed by atoms with Crippen LogP contribution in [0.3, 0.4) is 0 Å². The summed E-state index contributed by atoms with van der Waals surface area (Å²) in [5, 5.41) is 9.10. The zero-order valence-electron chi connectivity index (χ0n) is 14.1. The summed E-state index contributed by atoms with van der Waals surface area (Å²) in [4.78, 5) is 29.1. The van der Waals surface area contributed by atoms with Crippen LogP contribution >= 0.6 is 24.0 Å². The Morgan fingerprint density at radius 1 is 1.43 bits per heavy atom.